The van der Waals surface area contributed by atoms with Crippen molar-refractivity contribution in [3.05, 3.63) is 53.0 Å². The molecule has 2 heterocycles. The highest BCUT2D eigenvalue weighted by atomic mass is 32.1. The fourth-order valence-electron chi connectivity index (χ4n) is 4.09. The maximum atomic E-state index is 13.1. The van der Waals surface area contributed by atoms with Gasteiger partial charge in [-0.05, 0) is 48.7 Å². The quantitative estimate of drug-likeness (QED) is 0.737. The van der Waals surface area contributed by atoms with E-state index in [0.717, 1.165) is 53.0 Å². The highest BCUT2D eigenvalue weighted by Crippen LogP contribution is 2.42. The zero-order valence-corrected chi connectivity index (χ0v) is 15.7. The molecule has 0 saturated heterocycles. The third-order valence-electron chi connectivity index (χ3n) is 5.50. The van der Waals surface area contributed by atoms with Crippen LogP contribution >= 0.6 is 11.3 Å². The first kappa shape index (κ1) is 16.6. The first-order chi connectivity index (χ1) is 13.2. The van der Waals surface area contributed by atoms with Crippen molar-refractivity contribution in [3.8, 4) is 11.5 Å². The molecule has 2 aliphatic rings. The number of thiazole rings is 1. The summed E-state index contributed by atoms with van der Waals surface area (Å²) in [6, 6.07) is 11.7. The van der Waals surface area contributed by atoms with Crippen LogP contribution in [0.25, 0.3) is 10.2 Å². The van der Waals surface area contributed by atoms with Crippen molar-refractivity contribution in [2.24, 2.45) is 0 Å². The molecule has 1 saturated carbocycles. The van der Waals surface area contributed by atoms with E-state index in [1.165, 1.54) is 0 Å². The molecule has 5 rings (SSSR count). The fraction of sp³-hybridized carbons (Fsp3) is 0.333. The SMILES string of the molecule is O=C(NC1(c2ccc3c(c2)OCCO3)CCCC1)c1ccc2ncsc2c1. The highest BCUT2D eigenvalue weighted by Gasteiger charge is 2.38. The molecular weight excluding hydrogens is 360 g/mol. The lowest BCUT2D eigenvalue weighted by atomic mass is 9.87. The van der Waals surface area contributed by atoms with Crippen LogP contribution in [0.15, 0.2) is 41.9 Å². The summed E-state index contributed by atoms with van der Waals surface area (Å²) in [6.45, 7) is 1.14. The number of nitrogens with one attached hydrogen (secondary N) is 1. The van der Waals surface area contributed by atoms with E-state index in [1.54, 1.807) is 16.8 Å². The number of carbonyl (C=O) groups is 1. The van der Waals surface area contributed by atoms with Gasteiger partial charge < -0.3 is 14.8 Å². The summed E-state index contributed by atoms with van der Waals surface area (Å²) in [7, 11) is 0. The summed E-state index contributed by atoms with van der Waals surface area (Å²) < 4.78 is 12.4. The molecule has 1 amide bonds. The maximum Gasteiger partial charge on any atom is 0.252 e. The Kier molecular flexibility index (Phi) is 4.01. The van der Waals surface area contributed by atoms with Crippen LogP contribution in [0.5, 0.6) is 11.5 Å². The van der Waals surface area contributed by atoms with E-state index in [0.29, 0.717) is 18.8 Å². The molecule has 138 valence electrons. The molecule has 0 unspecified atom stereocenters. The summed E-state index contributed by atoms with van der Waals surface area (Å²) in [4.78, 5) is 17.3. The van der Waals surface area contributed by atoms with Gasteiger partial charge in [-0.15, -0.1) is 11.3 Å². The molecule has 6 heteroatoms. The molecule has 0 bridgehead atoms. The molecule has 1 aromatic heterocycles. The van der Waals surface area contributed by atoms with Crippen LogP contribution in [-0.2, 0) is 5.54 Å². The topological polar surface area (TPSA) is 60.5 Å². The predicted molar refractivity (Wildman–Crippen MR) is 105 cm³/mol. The Balaban J connectivity index is 1.47. The van der Waals surface area contributed by atoms with Gasteiger partial charge >= 0.3 is 0 Å². The van der Waals surface area contributed by atoms with Gasteiger partial charge in [0.2, 0.25) is 0 Å². The lowest BCUT2D eigenvalue weighted by molar-refractivity contribution is 0.0898. The number of fused-ring (bicyclic) bond motifs is 2. The summed E-state index contributed by atoms with van der Waals surface area (Å²) in [5.41, 5.74) is 4.15. The fourth-order valence-corrected chi connectivity index (χ4v) is 4.81. The largest absolute Gasteiger partial charge is 0.486 e. The first-order valence-corrected chi connectivity index (χ1v) is 10.2. The Labute approximate surface area is 161 Å². The van der Waals surface area contributed by atoms with Crippen LogP contribution < -0.4 is 14.8 Å². The van der Waals surface area contributed by atoms with Gasteiger partial charge in [-0.1, -0.05) is 18.9 Å². The van der Waals surface area contributed by atoms with Gasteiger partial charge in [0.1, 0.15) is 13.2 Å². The zero-order valence-electron chi connectivity index (χ0n) is 14.9. The molecule has 27 heavy (non-hydrogen) atoms. The molecule has 0 atom stereocenters. The highest BCUT2D eigenvalue weighted by molar-refractivity contribution is 7.16. The van der Waals surface area contributed by atoms with Gasteiger partial charge in [-0.25, -0.2) is 4.98 Å². The van der Waals surface area contributed by atoms with Crippen molar-refractivity contribution < 1.29 is 14.3 Å². The zero-order chi connectivity index (χ0) is 18.3. The molecule has 5 nitrogen and oxygen atoms in total. The number of amides is 1. The molecule has 2 aromatic carbocycles. The average Bonchev–Trinajstić information content (AvgIpc) is 3.37. The minimum atomic E-state index is -0.352. The van der Waals surface area contributed by atoms with Gasteiger partial charge in [-0.3, -0.25) is 4.79 Å². The van der Waals surface area contributed by atoms with Crippen LogP contribution in [0.4, 0.5) is 0 Å². The van der Waals surface area contributed by atoms with E-state index in [9.17, 15) is 4.79 Å². The minimum Gasteiger partial charge on any atom is -0.486 e. The van der Waals surface area contributed by atoms with Crippen LogP contribution in [0, 0.1) is 0 Å². The van der Waals surface area contributed by atoms with Crippen LogP contribution in [0.3, 0.4) is 0 Å². The maximum absolute atomic E-state index is 13.1. The monoisotopic (exact) mass is 380 g/mol. The summed E-state index contributed by atoms with van der Waals surface area (Å²) in [6.07, 6.45) is 4.06. The van der Waals surface area contributed by atoms with Gasteiger partial charge in [-0.2, -0.15) is 0 Å². The van der Waals surface area contributed by atoms with Crippen molar-refractivity contribution in [1.29, 1.82) is 0 Å². The van der Waals surface area contributed by atoms with Gasteiger partial charge in [0.05, 0.1) is 21.3 Å². The van der Waals surface area contributed by atoms with Crippen LogP contribution in [-0.4, -0.2) is 24.1 Å². The number of aromatic nitrogens is 1. The third-order valence-corrected chi connectivity index (χ3v) is 6.29. The smallest absolute Gasteiger partial charge is 0.252 e. The normalized spacial score (nSPS) is 17.8. The second-order valence-corrected chi connectivity index (χ2v) is 8.02. The Hall–Kier alpha value is -2.60. The summed E-state index contributed by atoms with van der Waals surface area (Å²) >= 11 is 1.55. The van der Waals surface area contributed by atoms with E-state index in [-0.39, 0.29) is 11.4 Å². The number of rotatable bonds is 3. The van der Waals surface area contributed by atoms with Crippen molar-refractivity contribution in [2.75, 3.05) is 13.2 Å². The van der Waals surface area contributed by atoms with Gasteiger partial charge in [0.15, 0.2) is 11.5 Å². The Morgan fingerprint density at radius 3 is 2.70 bits per heavy atom. The van der Waals surface area contributed by atoms with E-state index >= 15 is 0 Å². The Morgan fingerprint density at radius 2 is 1.85 bits per heavy atom. The summed E-state index contributed by atoms with van der Waals surface area (Å²) in [5.74, 6) is 1.51. The molecule has 0 spiro atoms. The molecule has 3 aromatic rings. The predicted octanol–water partition coefficient (Wildman–Crippen LogP) is 4.27. The van der Waals surface area contributed by atoms with E-state index in [1.807, 2.05) is 30.3 Å². The number of benzene rings is 2. The van der Waals surface area contributed by atoms with Crippen LogP contribution in [0.2, 0.25) is 0 Å². The first-order valence-electron chi connectivity index (χ1n) is 9.29. The Bertz CT molecular complexity index is 1010. The third kappa shape index (κ3) is 2.94. The number of hydrogen-bond donors (Lipinski definition) is 1. The number of ether oxygens (including phenoxy) is 2. The second-order valence-electron chi connectivity index (χ2n) is 7.14. The number of carbonyl (C=O) groups excluding carboxylic acids is 1. The van der Waals surface area contributed by atoms with E-state index in [2.05, 4.69) is 16.4 Å². The number of nitrogens with zero attached hydrogens (tertiary/aromatic N) is 1. The number of hydrogen-bond acceptors (Lipinski definition) is 5. The molecule has 1 fully saturated rings. The molecule has 1 aliphatic carbocycles. The molecule has 0 radical (unpaired) electrons. The standard InChI is InChI=1S/C21H20N2O3S/c24-20(14-3-5-16-19(11-14)27-13-22-16)23-21(7-1-2-8-21)15-4-6-17-18(12-15)26-10-9-25-17/h3-6,11-13H,1-2,7-10H2,(H,23,24). The second kappa shape index (κ2) is 6.53. The van der Waals surface area contributed by atoms with Crippen molar-refractivity contribution in [2.45, 2.75) is 31.2 Å². The van der Waals surface area contributed by atoms with Crippen molar-refractivity contribution in [1.82, 2.24) is 10.3 Å². The average molecular weight is 380 g/mol. The van der Waals surface area contributed by atoms with Crippen molar-refractivity contribution >= 4 is 27.5 Å². The van der Waals surface area contributed by atoms with E-state index in [4.69, 9.17) is 9.47 Å². The minimum absolute atomic E-state index is 0.0397. The Morgan fingerprint density at radius 1 is 1.04 bits per heavy atom. The van der Waals surface area contributed by atoms with Gasteiger partial charge in [0.25, 0.3) is 5.91 Å². The van der Waals surface area contributed by atoms with E-state index < -0.39 is 0 Å². The van der Waals surface area contributed by atoms with Gasteiger partial charge in [0, 0.05) is 5.56 Å². The molecule has 1 aliphatic heterocycles. The molecular formula is C21H20N2O3S. The van der Waals surface area contributed by atoms with Crippen molar-refractivity contribution in [3.63, 3.8) is 0 Å². The lowest BCUT2D eigenvalue weighted by Gasteiger charge is -2.32. The van der Waals surface area contributed by atoms with Crippen LogP contribution in [0.1, 0.15) is 41.6 Å². The lowest BCUT2D eigenvalue weighted by Crippen LogP contribution is -2.43. The summed E-state index contributed by atoms with van der Waals surface area (Å²) in [5, 5.41) is 3.34. The molecule has 1 N–H and O–H groups in total.